The summed E-state index contributed by atoms with van der Waals surface area (Å²) >= 11 is 0. The van der Waals surface area contributed by atoms with Gasteiger partial charge in [-0.15, -0.1) is 0 Å². The lowest BCUT2D eigenvalue weighted by atomic mass is 10.0. The first kappa shape index (κ1) is 16.6. The first-order valence-corrected chi connectivity index (χ1v) is 9.43. The molecule has 6 heteroatoms. The molecule has 1 unspecified atom stereocenters. The zero-order valence-corrected chi connectivity index (χ0v) is 14.1. The van der Waals surface area contributed by atoms with Crippen molar-refractivity contribution in [2.45, 2.75) is 50.5 Å². The Balaban J connectivity index is 2.28. The molecule has 118 valence electrons. The molecule has 0 saturated carbocycles. The third-order valence-electron chi connectivity index (χ3n) is 3.64. The smallest absolute Gasteiger partial charge is 0.261 e. The van der Waals surface area contributed by atoms with Crippen LogP contribution in [0.1, 0.15) is 43.7 Å². The number of halogens is 1. The second-order valence-corrected chi connectivity index (χ2v) is 8.23. The Morgan fingerprint density at radius 1 is 1.43 bits per heavy atom. The summed E-state index contributed by atoms with van der Waals surface area (Å²) in [6, 6.07) is 3.37. The molecule has 1 aliphatic heterocycles. The summed E-state index contributed by atoms with van der Waals surface area (Å²) in [5.41, 5.74) is 1.44. The van der Waals surface area contributed by atoms with E-state index in [0.29, 0.717) is 17.9 Å². The minimum absolute atomic E-state index is 0.0409. The van der Waals surface area contributed by atoms with E-state index in [4.69, 9.17) is 20.2 Å². The van der Waals surface area contributed by atoms with Crippen LogP contribution < -0.4 is 4.74 Å². The fourth-order valence-corrected chi connectivity index (χ4v) is 3.75. The molecular formula is C15H21ClO4S. The molecule has 1 fully saturated rings. The van der Waals surface area contributed by atoms with Crippen molar-refractivity contribution in [3.8, 4) is 5.75 Å². The van der Waals surface area contributed by atoms with Gasteiger partial charge in [0, 0.05) is 17.3 Å². The average molecular weight is 333 g/mol. The minimum atomic E-state index is -3.76. The van der Waals surface area contributed by atoms with Gasteiger partial charge < -0.3 is 9.47 Å². The fraction of sp³-hybridized carbons (Fsp3) is 0.600. The van der Waals surface area contributed by atoms with Crippen LogP contribution in [0, 0.1) is 6.92 Å². The van der Waals surface area contributed by atoms with Gasteiger partial charge in [-0.3, -0.25) is 0 Å². The van der Waals surface area contributed by atoms with E-state index in [9.17, 15) is 8.42 Å². The molecule has 21 heavy (non-hydrogen) atoms. The maximum atomic E-state index is 11.7. The van der Waals surface area contributed by atoms with Crippen LogP contribution in [0.2, 0.25) is 0 Å². The van der Waals surface area contributed by atoms with Gasteiger partial charge in [0.2, 0.25) is 0 Å². The Labute approximate surface area is 130 Å². The normalized spacial score (nSPS) is 19.2. The highest BCUT2D eigenvalue weighted by atomic mass is 35.7. The lowest BCUT2D eigenvalue weighted by Crippen LogP contribution is -2.17. The van der Waals surface area contributed by atoms with Crippen molar-refractivity contribution in [3.63, 3.8) is 0 Å². The third-order valence-corrected chi connectivity index (χ3v) is 5.02. The van der Waals surface area contributed by atoms with Crippen LogP contribution >= 0.6 is 10.7 Å². The molecule has 1 aromatic carbocycles. The van der Waals surface area contributed by atoms with E-state index >= 15 is 0 Å². The van der Waals surface area contributed by atoms with Crippen LogP contribution in [0.25, 0.3) is 0 Å². The molecule has 1 atom stereocenters. The molecule has 4 nitrogen and oxygen atoms in total. The quantitative estimate of drug-likeness (QED) is 0.773. The number of hydrogen-bond donors (Lipinski definition) is 0. The monoisotopic (exact) mass is 332 g/mol. The minimum Gasteiger partial charge on any atom is -0.491 e. The van der Waals surface area contributed by atoms with Crippen LogP contribution in [-0.2, 0) is 13.8 Å². The van der Waals surface area contributed by atoms with E-state index in [0.717, 1.165) is 25.0 Å². The lowest BCUT2D eigenvalue weighted by Gasteiger charge is -2.17. The van der Waals surface area contributed by atoms with E-state index in [1.807, 2.05) is 20.8 Å². The largest absolute Gasteiger partial charge is 0.491 e. The summed E-state index contributed by atoms with van der Waals surface area (Å²) in [5.74, 6) is 0.734. The van der Waals surface area contributed by atoms with Crippen LogP contribution in [-0.4, -0.2) is 27.7 Å². The van der Waals surface area contributed by atoms with Gasteiger partial charge in [0.05, 0.1) is 11.0 Å². The van der Waals surface area contributed by atoms with Crippen LogP contribution in [0.3, 0.4) is 0 Å². The summed E-state index contributed by atoms with van der Waals surface area (Å²) in [6.07, 6.45) is 2.20. The summed E-state index contributed by atoms with van der Waals surface area (Å²) < 4.78 is 34.7. The van der Waals surface area contributed by atoms with E-state index in [2.05, 4.69) is 0 Å². The first-order chi connectivity index (χ1) is 9.79. The standard InChI is InChI=1S/C15H21ClO4S/c1-10(2)13-8-14(20-9-12-5-4-6-19-12)11(3)7-15(13)21(16,17)18/h7-8,10,12H,4-6,9H2,1-3H3. The maximum absolute atomic E-state index is 11.7. The summed E-state index contributed by atoms with van der Waals surface area (Å²) in [6.45, 7) is 6.96. The second-order valence-electron chi connectivity index (χ2n) is 5.69. The lowest BCUT2D eigenvalue weighted by molar-refractivity contribution is 0.0676. The zero-order valence-electron chi connectivity index (χ0n) is 12.6. The van der Waals surface area contributed by atoms with Crippen molar-refractivity contribution in [2.75, 3.05) is 13.2 Å². The van der Waals surface area contributed by atoms with Crippen molar-refractivity contribution in [2.24, 2.45) is 0 Å². The molecule has 0 aliphatic carbocycles. The third kappa shape index (κ3) is 4.11. The number of benzene rings is 1. The van der Waals surface area contributed by atoms with Crippen LogP contribution in [0.5, 0.6) is 5.75 Å². The number of ether oxygens (including phenoxy) is 2. The molecular weight excluding hydrogens is 312 g/mol. The van der Waals surface area contributed by atoms with E-state index in [1.165, 1.54) is 0 Å². The molecule has 1 heterocycles. The number of hydrogen-bond acceptors (Lipinski definition) is 4. The topological polar surface area (TPSA) is 52.6 Å². The molecule has 2 rings (SSSR count). The highest BCUT2D eigenvalue weighted by molar-refractivity contribution is 8.13. The van der Waals surface area contributed by atoms with E-state index in [-0.39, 0.29) is 16.9 Å². The Bertz CT molecular complexity index is 604. The molecule has 0 spiro atoms. The predicted molar refractivity (Wildman–Crippen MR) is 82.8 cm³/mol. The molecule has 0 bridgehead atoms. The van der Waals surface area contributed by atoms with Crippen LogP contribution in [0.4, 0.5) is 0 Å². The molecule has 0 N–H and O–H groups in total. The maximum Gasteiger partial charge on any atom is 0.261 e. The van der Waals surface area contributed by atoms with Crippen molar-refractivity contribution in [3.05, 3.63) is 23.3 Å². The van der Waals surface area contributed by atoms with Crippen molar-refractivity contribution in [1.29, 1.82) is 0 Å². The van der Waals surface area contributed by atoms with E-state index < -0.39 is 9.05 Å². The highest BCUT2D eigenvalue weighted by Gasteiger charge is 2.21. The van der Waals surface area contributed by atoms with Gasteiger partial charge in [-0.05, 0) is 48.9 Å². The molecule has 0 amide bonds. The summed E-state index contributed by atoms with van der Waals surface area (Å²) in [5, 5.41) is 0. The number of rotatable bonds is 5. The van der Waals surface area contributed by atoms with Crippen LogP contribution in [0.15, 0.2) is 17.0 Å². The molecule has 0 aromatic heterocycles. The zero-order chi connectivity index (χ0) is 15.6. The first-order valence-electron chi connectivity index (χ1n) is 7.12. The summed E-state index contributed by atoms with van der Waals surface area (Å²) in [7, 11) is 1.77. The van der Waals surface area contributed by atoms with Gasteiger partial charge in [-0.25, -0.2) is 8.42 Å². The molecule has 1 saturated heterocycles. The second kappa shape index (κ2) is 6.55. The Morgan fingerprint density at radius 2 is 2.14 bits per heavy atom. The van der Waals surface area contributed by atoms with Gasteiger partial charge in [0.15, 0.2) is 0 Å². The molecule has 0 radical (unpaired) electrons. The van der Waals surface area contributed by atoms with Gasteiger partial charge in [-0.2, -0.15) is 0 Å². The predicted octanol–water partition coefficient (Wildman–Crippen LogP) is 3.60. The molecule has 1 aromatic rings. The number of aryl methyl sites for hydroxylation is 1. The SMILES string of the molecule is Cc1cc(S(=O)(=O)Cl)c(C(C)C)cc1OCC1CCCO1. The summed E-state index contributed by atoms with van der Waals surface area (Å²) in [4.78, 5) is 0.168. The van der Waals surface area contributed by atoms with Gasteiger partial charge in [0.1, 0.15) is 12.4 Å². The molecule has 1 aliphatic rings. The van der Waals surface area contributed by atoms with E-state index in [1.54, 1.807) is 12.1 Å². The van der Waals surface area contributed by atoms with Crippen molar-refractivity contribution < 1.29 is 17.9 Å². The van der Waals surface area contributed by atoms with Crippen molar-refractivity contribution >= 4 is 19.7 Å². The highest BCUT2D eigenvalue weighted by Crippen LogP contribution is 2.33. The van der Waals surface area contributed by atoms with Gasteiger partial charge in [0.25, 0.3) is 9.05 Å². The Morgan fingerprint density at radius 3 is 2.67 bits per heavy atom. The van der Waals surface area contributed by atoms with Crippen molar-refractivity contribution in [1.82, 2.24) is 0 Å². The van der Waals surface area contributed by atoms with Gasteiger partial charge in [-0.1, -0.05) is 13.8 Å². The Hall–Kier alpha value is -0.780. The average Bonchev–Trinajstić information content (AvgIpc) is 2.88. The Kier molecular flexibility index (Phi) is 5.17. The fourth-order valence-electron chi connectivity index (χ4n) is 2.45. The van der Waals surface area contributed by atoms with Gasteiger partial charge >= 0.3 is 0 Å².